The second kappa shape index (κ2) is 7.22. The van der Waals surface area contributed by atoms with Crippen LogP contribution in [0.1, 0.15) is 29.8 Å². The van der Waals surface area contributed by atoms with Gasteiger partial charge in [-0.15, -0.1) is 0 Å². The number of carboxylic acid groups (broad SMARTS) is 1. The van der Waals surface area contributed by atoms with Crippen LogP contribution in [-0.2, 0) is 0 Å². The zero-order valence-corrected chi connectivity index (χ0v) is 16.0. The third-order valence-corrected chi connectivity index (χ3v) is 5.64. The van der Waals surface area contributed by atoms with E-state index in [1.54, 1.807) is 10.6 Å². The van der Waals surface area contributed by atoms with Crippen molar-refractivity contribution in [1.82, 2.24) is 20.0 Å². The van der Waals surface area contributed by atoms with Gasteiger partial charge in [-0.1, -0.05) is 36.4 Å². The lowest BCUT2D eigenvalue weighted by Crippen LogP contribution is -2.48. The van der Waals surface area contributed by atoms with Crippen LogP contribution in [0.3, 0.4) is 0 Å². The molecule has 2 amide bonds. The Balaban J connectivity index is 1.52. The largest absolute Gasteiger partial charge is 0.465 e. The van der Waals surface area contributed by atoms with Gasteiger partial charge in [-0.25, -0.2) is 4.79 Å². The van der Waals surface area contributed by atoms with Crippen molar-refractivity contribution in [2.24, 2.45) is 0 Å². The van der Waals surface area contributed by atoms with Crippen LogP contribution in [0.15, 0.2) is 59.3 Å². The van der Waals surface area contributed by atoms with E-state index in [1.807, 2.05) is 42.5 Å². The summed E-state index contributed by atoms with van der Waals surface area (Å²) in [5.41, 5.74) is 1.71. The average Bonchev–Trinajstić information content (AvgIpc) is 3.43. The molecule has 0 unspecified atom stereocenters. The number of fused-ring (bicyclic) bond motifs is 2. The predicted molar refractivity (Wildman–Crippen MR) is 110 cm³/mol. The summed E-state index contributed by atoms with van der Waals surface area (Å²) in [6.07, 6.45) is 4.31. The van der Waals surface area contributed by atoms with Gasteiger partial charge in [0, 0.05) is 17.8 Å². The second-order valence-electron chi connectivity index (χ2n) is 7.49. The molecule has 0 bridgehead atoms. The minimum Gasteiger partial charge on any atom is -0.465 e. The van der Waals surface area contributed by atoms with Gasteiger partial charge in [-0.3, -0.25) is 9.20 Å². The maximum Gasteiger partial charge on any atom is 0.404 e. The first-order chi connectivity index (χ1) is 14.6. The molecule has 2 aromatic heterocycles. The number of carbonyl (C=O) groups is 2. The van der Waals surface area contributed by atoms with Crippen LogP contribution < -0.4 is 10.6 Å². The van der Waals surface area contributed by atoms with E-state index < -0.39 is 6.09 Å². The van der Waals surface area contributed by atoms with Gasteiger partial charge in [0.2, 0.25) is 0 Å². The lowest BCUT2D eigenvalue weighted by molar-refractivity contribution is 0.0925. The van der Waals surface area contributed by atoms with E-state index in [9.17, 15) is 9.59 Å². The number of hydrogen-bond acceptors (Lipinski definition) is 4. The van der Waals surface area contributed by atoms with Gasteiger partial charge in [-0.05, 0) is 36.1 Å². The molecule has 2 heterocycles. The highest BCUT2D eigenvalue weighted by atomic mass is 16.4. The first kappa shape index (κ1) is 18.2. The molecule has 1 aliphatic rings. The van der Waals surface area contributed by atoms with Crippen LogP contribution in [0.2, 0.25) is 0 Å². The van der Waals surface area contributed by atoms with E-state index >= 15 is 0 Å². The van der Waals surface area contributed by atoms with Crippen molar-refractivity contribution in [1.29, 1.82) is 0 Å². The first-order valence-corrected chi connectivity index (χ1v) is 9.85. The summed E-state index contributed by atoms with van der Waals surface area (Å²) in [6.45, 7) is 0. The van der Waals surface area contributed by atoms with Crippen molar-refractivity contribution >= 4 is 28.6 Å². The van der Waals surface area contributed by atoms with E-state index in [4.69, 9.17) is 9.52 Å². The number of oxazole rings is 1. The molecule has 2 aromatic carbocycles. The number of rotatable bonds is 4. The third-order valence-electron chi connectivity index (χ3n) is 5.64. The summed E-state index contributed by atoms with van der Waals surface area (Å²) in [5.74, 6) is 0.0195. The van der Waals surface area contributed by atoms with Crippen LogP contribution in [0, 0.1) is 0 Å². The zero-order chi connectivity index (χ0) is 20.7. The van der Waals surface area contributed by atoms with Gasteiger partial charge < -0.3 is 20.2 Å². The number of nitrogens with one attached hydrogen (secondary N) is 2. The van der Waals surface area contributed by atoms with Gasteiger partial charge in [-0.2, -0.15) is 4.98 Å². The summed E-state index contributed by atoms with van der Waals surface area (Å²) < 4.78 is 7.04. The van der Waals surface area contributed by atoms with Crippen LogP contribution in [-0.4, -0.2) is 38.6 Å². The van der Waals surface area contributed by atoms with Crippen LogP contribution in [0.5, 0.6) is 0 Å². The molecule has 1 saturated carbocycles. The molecule has 1 aliphatic carbocycles. The van der Waals surface area contributed by atoms with Crippen molar-refractivity contribution < 1.29 is 19.1 Å². The zero-order valence-electron chi connectivity index (χ0n) is 16.0. The van der Waals surface area contributed by atoms with Gasteiger partial charge in [0.15, 0.2) is 0 Å². The number of nitrogens with zero attached hydrogens (tertiary/aromatic N) is 2. The smallest absolute Gasteiger partial charge is 0.404 e. The Bertz CT molecular complexity index is 1260. The minimum atomic E-state index is -1.08. The van der Waals surface area contributed by atoms with Gasteiger partial charge in [0.25, 0.3) is 5.91 Å². The highest BCUT2D eigenvalue weighted by Gasteiger charge is 2.32. The summed E-state index contributed by atoms with van der Waals surface area (Å²) >= 11 is 0. The van der Waals surface area contributed by atoms with E-state index in [2.05, 4.69) is 15.6 Å². The molecule has 3 N–H and O–H groups in total. The Morgan fingerprint density at radius 3 is 2.63 bits per heavy atom. The summed E-state index contributed by atoms with van der Waals surface area (Å²) in [7, 11) is 0. The lowest BCUT2D eigenvalue weighted by atomic mass is 10.0. The number of aromatic nitrogens is 2. The Hall–Kier alpha value is -3.81. The highest BCUT2D eigenvalue weighted by molar-refractivity contribution is 6.00. The second-order valence-corrected chi connectivity index (χ2v) is 7.49. The predicted octanol–water partition coefficient (Wildman–Crippen LogP) is 3.67. The Kier molecular flexibility index (Phi) is 4.39. The number of hydrogen-bond donors (Lipinski definition) is 3. The van der Waals surface area contributed by atoms with Crippen molar-refractivity contribution in [2.45, 2.75) is 31.3 Å². The molecule has 0 spiro atoms. The first-order valence-electron chi connectivity index (χ1n) is 9.85. The van der Waals surface area contributed by atoms with Crippen molar-refractivity contribution in [3.8, 4) is 11.3 Å². The van der Waals surface area contributed by atoms with Gasteiger partial charge in [0.05, 0.1) is 6.04 Å². The average molecular weight is 404 g/mol. The molecule has 4 aromatic rings. The van der Waals surface area contributed by atoms with Crippen molar-refractivity contribution in [3.05, 3.63) is 60.6 Å². The van der Waals surface area contributed by atoms with Crippen molar-refractivity contribution in [3.63, 3.8) is 0 Å². The van der Waals surface area contributed by atoms with Gasteiger partial charge >= 0.3 is 11.9 Å². The van der Waals surface area contributed by atoms with E-state index in [0.29, 0.717) is 23.7 Å². The molecule has 30 heavy (non-hydrogen) atoms. The molecule has 8 nitrogen and oxygen atoms in total. The quantitative estimate of drug-likeness (QED) is 0.481. The molecular weight excluding hydrogens is 384 g/mol. The Labute approximate surface area is 171 Å². The molecule has 0 radical (unpaired) electrons. The molecule has 152 valence electrons. The Morgan fingerprint density at radius 1 is 1.07 bits per heavy atom. The van der Waals surface area contributed by atoms with Crippen LogP contribution in [0.25, 0.3) is 27.9 Å². The fourth-order valence-electron chi connectivity index (χ4n) is 4.24. The fourth-order valence-corrected chi connectivity index (χ4v) is 4.24. The van der Waals surface area contributed by atoms with Crippen LogP contribution >= 0.6 is 0 Å². The maximum atomic E-state index is 13.3. The monoisotopic (exact) mass is 404 g/mol. The molecule has 5 rings (SSSR count). The molecular formula is C22H20N4O4. The third kappa shape index (κ3) is 3.16. The standard InChI is InChI=1S/C22H20N4O4/c27-20(23-16-6-3-7-17(16)24-22(28)29)19-18(25-21-26(19)10-11-30-21)15-9-8-13-4-1-2-5-14(13)12-15/h1-2,4-5,8-12,16-17,24H,3,6-7H2,(H,23,27)(H,28,29)/t16-,17-/m0/s1. The number of imidazole rings is 1. The van der Waals surface area contributed by atoms with E-state index in [1.165, 1.54) is 6.26 Å². The number of carbonyl (C=O) groups excluding carboxylic acids is 1. The SMILES string of the molecule is O=C(O)N[C@H]1CCC[C@@H]1NC(=O)c1c(-c2ccc3ccccc3c2)nc2occn12. The molecule has 8 heteroatoms. The molecule has 1 fully saturated rings. The Morgan fingerprint density at radius 2 is 1.83 bits per heavy atom. The normalized spacial score (nSPS) is 18.7. The van der Waals surface area contributed by atoms with Gasteiger partial charge in [0.1, 0.15) is 17.7 Å². The van der Waals surface area contributed by atoms with Crippen LogP contribution in [0.4, 0.5) is 4.79 Å². The number of benzene rings is 2. The molecule has 2 atom stereocenters. The van der Waals surface area contributed by atoms with E-state index in [-0.39, 0.29) is 18.0 Å². The molecule has 0 saturated heterocycles. The number of amides is 2. The fraction of sp³-hybridized carbons (Fsp3) is 0.227. The van der Waals surface area contributed by atoms with Crippen molar-refractivity contribution in [2.75, 3.05) is 0 Å². The van der Waals surface area contributed by atoms with E-state index in [0.717, 1.165) is 29.2 Å². The summed E-state index contributed by atoms with van der Waals surface area (Å²) in [5, 5.41) is 16.7. The summed E-state index contributed by atoms with van der Waals surface area (Å²) in [6, 6.07) is 13.4. The summed E-state index contributed by atoms with van der Waals surface area (Å²) in [4.78, 5) is 28.9. The maximum absolute atomic E-state index is 13.3. The molecule has 0 aliphatic heterocycles. The lowest BCUT2D eigenvalue weighted by Gasteiger charge is -2.20. The highest BCUT2D eigenvalue weighted by Crippen LogP contribution is 2.29. The topological polar surface area (TPSA) is 109 Å². The minimum absolute atomic E-state index is 0.268.